The van der Waals surface area contributed by atoms with Crippen LogP contribution in [-0.4, -0.2) is 39.8 Å². The summed E-state index contributed by atoms with van der Waals surface area (Å²) in [4.78, 5) is 12.0. The Morgan fingerprint density at radius 2 is 1.59 bits per heavy atom. The molecule has 29 heavy (non-hydrogen) atoms. The van der Waals surface area contributed by atoms with Crippen molar-refractivity contribution in [3.05, 3.63) is 48.5 Å². The van der Waals surface area contributed by atoms with Crippen LogP contribution in [0.5, 0.6) is 11.5 Å². The van der Waals surface area contributed by atoms with Gasteiger partial charge in [0.1, 0.15) is 11.5 Å². The Bertz CT molecular complexity index is 1010. The second-order valence-electron chi connectivity index (χ2n) is 6.01. The number of hydrazone groups is 1. The number of nitrogens with zero attached hydrogens (tertiary/aromatic N) is 4. The van der Waals surface area contributed by atoms with E-state index in [1.165, 1.54) is 6.92 Å². The number of carbonyl (C=O) groups is 1. The summed E-state index contributed by atoms with van der Waals surface area (Å²) in [7, 11) is 5.07. The van der Waals surface area contributed by atoms with Crippen molar-refractivity contribution in [3.63, 3.8) is 0 Å². The van der Waals surface area contributed by atoms with Crippen molar-refractivity contribution in [1.29, 1.82) is 0 Å². The Balaban J connectivity index is 1.78. The number of carbonyl (C=O) groups excluding carboxylic acids is 1. The van der Waals surface area contributed by atoms with Gasteiger partial charge in [0.2, 0.25) is 0 Å². The molecule has 0 saturated carbocycles. The maximum Gasteiger partial charge on any atom is 0.197 e. The van der Waals surface area contributed by atoms with Crippen LogP contribution >= 0.6 is 11.8 Å². The molecular weight excluding hydrogens is 390 g/mol. The molecular formula is C20H21N5O3S. The van der Waals surface area contributed by atoms with Gasteiger partial charge >= 0.3 is 0 Å². The van der Waals surface area contributed by atoms with Crippen molar-refractivity contribution in [2.24, 2.45) is 12.1 Å². The summed E-state index contributed by atoms with van der Waals surface area (Å²) in [6.07, 6.45) is 0. The Labute approximate surface area is 172 Å². The largest absolute Gasteiger partial charge is 0.497 e. The molecule has 1 N–H and O–H groups in total. The number of thioether (sulfide) groups is 1. The van der Waals surface area contributed by atoms with Gasteiger partial charge in [0.25, 0.3) is 0 Å². The number of benzene rings is 2. The molecule has 150 valence electrons. The molecule has 0 aliphatic rings. The highest BCUT2D eigenvalue weighted by Crippen LogP contribution is 2.25. The minimum atomic E-state index is -0.176. The predicted octanol–water partition coefficient (Wildman–Crippen LogP) is 3.61. The number of nitrogens with one attached hydrogen (secondary N) is 1. The van der Waals surface area contributed by atoms with Crippen molar-refractivity contribution >= 4 is 28.3 Å². The molecule has 1 heterocycles. The van der Waals surface area contributed by atoms with Gasteiger partial charge in [0.05, 0.1) is 19.9 Å². The molecule has 9 heteroatoms. The Kier molecular flexibility index (Phi) is 6.50. The van der Waals surface area contributed by atoms with Crippen LogP contribution in [-0.2, 0) is 11.8 Å². The molecule has 1 aromatic heterocycles. The molecule has 0 spiro atoms. The summed E-state index contributed by atoms with van der Waals surface area (Å²) in [5, 5.41) is 13.5. The van der Waals surface area contributed by atoms with Gasteiger partial charge in [-0.2, -0.15) is 5.10 Å². The number of aromatic nitrogens is 3. The summed E-state index contributed by atoms with van der Waals surface area (Å²) >= 11 is 1.15. The first-order valence-corrected chi connectivity index (χ1v) is 9.54. The van der Waals surface area contributed by atoms with Gasteiger partial charge in [0, 0.05) is 19.5 Å². The second kappa shape index (κ2) is 9.24. The highest BCUT2D eigenvalue weighted by molar-refractivity contribution is 8.15. The minimum Gasteiger partial charge on any atom is -0.497 e. The van der Waals surface area contributed by atoms with Crippen LogP contribution in [0.15, 0.2) is 58.8 Å². The van der Waals surface area contributed by atoms with Crippen LogP contribution in [0.1, 0.15) is 6.92 Å². The third kappa shape index (κ3) is 4.94. The standard InChI is InChI=1S/C20H21N5O3S/c1-13(26)19(23-21-15-7-11-17(28-4)12-8-15)29-20-24-22-18(25(20)2)14-5-9-16(27-3)10-6-14/h5-12,21H,1-4H3/b23-19+. The Hall–Kier alpha value is -3.33. The van der Waals surface area contributed by atoms with Crippen LogP contribution < -0.4 is 14.9 Å². The van der Waals surface area contributed by atoms with Crippen LogP contribution in [0.4, 0.5) is 5.69 Å². The van der Waals surface area contributed by atoms with Gasteiger partial charge in [-0.15, -0.1) is 10.2 Å². The molecule has 0 aliphatic heterocycles. The maximum atomic E-state index is 12.0. The van der Waals surface area contributed by atoms with Crippen molar-refractivity contribution < 1.29 is 14.3 Å². The summed E-state index contributed by atoms with van der Waals surface area (Å²) in [6.45, 7) is 1.46. The van der Waals surface area contributed by atoms with Crippen LogP contribution in [0.2, 0.25) is 0 Å². The molecule has 8 nitrogen and oxygen atoms in total. The smallest absolute Gasteiger partial charge is 0.197 e. The summed E-state index contributed by atoms with van der Waals surface area (Å²) in [6, 6.07) is 14.8. The number of Topliss-reactive ketones (excluding diaryl/α,β-unsaturated/α-hetero) is 1. The highest BCUT2D eigenvalue weighted by atomic mass is 32.2. The van der Waals surface area contributed by atoms with Crippen LogP contribution in [0.3, 0.4) is 0 Å². The van der Waals surface area contributed by atoms with E-state index < -0.39 is 0 Å². The molecule has 3 rings (SSSR count). The van der Waals surface area contributed by atoms with Gasteiger partial charge < -0.3 is 14.0 Å². The number of methoxy groups -OCH3 is 2. The van der Waals surface area contributed by atoms with E-state index in [-0.39, 0.29) is 10.8 Å². The fourth-order valence-corrected chi connectivity index (χ4v) is 3.15. The van der Waals surface area contributed by atoms with E-state index in [0.717, 1.165) is 34.5 Å². The van der Waals surface area contributed by atoms with Crippen LogP contribution in [0, 0.1) is 0 Å². The Morgan fingerprint density at radius 3 is 2.14 bits per heavy atom. The van der Waals surface area contributed by atoms with Crippen molar-refractivity contribution in [2.45, 2.75) is 12.1 Å². The lowest BCUT2D eigenvalue weighted by atomic mass is 10.2. The van der Waals surface area contributed by atoms with E-state index in [1.807, 2.05) is 60.1 Å². The molecule has 0 radical (unpaired) electrons. The lowest BCUT2D eigenvalue weighted by Crippen LogP contribution is -2.09. The molecule has 0 aliphatic carbocycles. The number of anilines is 1. The molecule has 0 unspecified atom stereocenters. The molecule has 0 fully saturated rings. The molecule has 3 aromatic rings. The predicted molar refractivity (Wildman–Crippen MR) is 114 cm³/mol. The number of hydrogen-bond acceptors (Lipinski definition) is 8. The van der Waals surface area contributed by atoms with E-state index in [2.05, 4.69) is 20.7 Å². The molecule has 0 atom stereocenters. The van der Waals surface area contributed by atoms with E-state index in [9.17, 15) is 4.79 Å². The van der Waals surface area contributed by atoms with E-state index in [4.69, 9.17) is 9.47 Å². The number of ketones is 1. The highest BCUT2D eigenvalue weighted by Gasteiger charge is 2.16. The summed E-state index contributed by atoms with van der Waals surface area (Å²) in [5.74, 6) is 2.01. The molecule has 0 bridgehead atoms. The van der Waals surface area contributed by atoms with Gasteiger partial charge in [-0.3, -0.25) is 10.2 Å². The molecule has 0 saturated heterocycles. The summed E-state index contributed by atoms with van der Waals surface area (Å²) < 4.78 is 12.1. The topological polar surface area (TPSA) is 90.6 Å². The van der Waals surface area contributed by atoms with Crippen LogP contribution in [0.25, 0.3) is 11.4 Å². The third-order valence-corrected chi connectivity index (χ3v) is 5.16. The second-order valence-corrected chi connectivity index (χ2v) is 6.97. The van der Waals surface area contributed by atoms with E-state index in [0.29, 0.717) is 11.0 Å². The maximum absolute atomic E-state index is 12.0. The average Bonchev–Trinajstić information content (AvgIpc) is 3.11. The SMILES string of the molecule is COc1ccc(N/N=C(/Sc2nnc(-c3ccc(OC)cc3)n2C)C(C)=O)cc1. The normalized spacial score (nSPS) is 11.2. The first-order valence-electron chi connectivity index (χ1n) is 8.72. The quantitative estimate of drug-likeness (QED) is 0.275. The third-order valence-electron chi connectivity index (χ3n) is 4.05. The number of ether oxygens (including phenoxy) is 2. The first-order chi connectivity index (χ1) is 14.0. The van der Waals surface area contributed by atoms with E-state index in [1.54, 1.807) is 14.2 Å². The van der Waals surface area contributed by atoms with Crippen molar-refractivity contribution in [3.8, 4) is 22.9 Å². The summed E-state index contributed by atoms with van der Waals surface area (Å²) in [5.41, 5.74) is 4.52. The zero-order valence-electron chi connectivity index (χ0n) is 16.5. The fraction of sp³-hybridized carbons (Fsp3) is 0.200. The monoisotopic (exact) mass is 411 g/mol. The average molecular weight is 411 g/mol. The fourth-order valence-electron chi connectivity index (χ4n) is 2.44. The van der Waals surface area contributed by atoms with Gasteiger partial charge in [-0.1, -0.05) is 0 Å². The zero-order valence-corrected chi connectivity index (χ0v) is 17.4. The van der Waals surface area contributed by atoms with Gasteiger partial charge in [-0.05, 0) is 60.3 Å². The zero-order chi connectivity index (χ0) is 20.8. The molecule has 0 amide bonds. The van der Waals surface area contributed by atoms with Crippen molar-refractivity contribution in [1.82, 2.24) is 14.8 Å². The van der Waals surface area contributed by atoms with Gasteiger partial charge in [0.15, 0.2) is 21.8 Å². The van der Waals surface area contributed by atoms with E-state index >= 15 is 0 Å². The first kappa shape index (κ1) is 20.4. The van der Waals surface area contributed by atoms with Crippen molar-refractivity contribution in [2.75, 3.05) is 19.6 Å². The molecule has 2 aromatic carbocycles. The number of hydrogen-bond donors (Lipinski definition) is 1. The minimum absolute atomic E-state index is 0.176. The Morgan fingerprint density at radius 1 is 1.00 bits per heavy atom. The lowest BCUT2D eigenvalue weighted by molar-refractivity contribution is -0.110. The lowest BCUT2D eigenvalue weighted by Gasteiger charge is -2.06. The van der Waals surface area contributed by atoms with Gasteiger partial charge in [-0.25, -0.2) is 0 Å². The number of rotatable bonds is 7.